The van der Waals surface area contributed by atoms with Crippen molar-refractivity contribution in [2.45, 2.75) is 13.5 Å². The molecule has 3 heterocycles. The van der Waals surface area contributed by atoms with E-state index in [-0.39, 0.29) is 6.61 Å². The smallest absolute Gasteiger partial charge is 0.358 e. The third kappa shape index (κ3) is 3.47. The Bertz CT molecular complexity index is 1090. The third-order valence-electron chi connectivity index (χ3n) is 3.83. The molecule has 7 heteroatoms. The van der Waals surface area contributed by atoms with Crippen molar-refractivity contribution in [2.75, 3.05) is 0 Å². The minimum atomic E-state index is -0.463. The molecular weight excluding hydrogens is 370 g/mol. The van der Waals surface area contributed by atoms with Crippen molar-refractivity contribution in [1.29, 1.82) is 0 Å². The van der Waals surface area contributed by atoms with Crippen LogP contribution in [0, 0.1) is 6.92 Å². The molecule has 0 N–H and O–H groups in total. The van der Waals surface area contributed by atoms with Crippen LogP contribution in [0.1, 0.15) is 21.7 Å². The fraction of sp³-hybridized carbons (Fsp3) is 0.105. The molecule has 3 aromatic heterocycles. The Labute approximate surface area is 158 Å². The molecule has 1 aromatic carbocycles. The average Bonchev–Trinajstić information content (AvgIpc) is 3.27. The quantitative estimate of drug-likeness (QED) is 0.476. The van der Waals surface area contributed by atoms with Crippen LogP contribution in [-0.4, -0.2) is 20.3 Å². The molecular formula is C19H14ClN3O2S. The number of rotatable bonds is 4. The minimum Gasteiger partial charge on any atom is -0.454 e. The Kier molecular flexibility index (Phi) is 4.44. The molecule has 0 unspecified atom stereocenters. The van der Waals surface area contributed by atoms with Crippen LogP contribution >= 0.6 is 22.9 Å². The monoisotopic (exact) mass is 383 g/mol. The lowest BCUT2D eigenvalue weighted by atomic mass is 10.2. The first-order valence-corrected chi connectivity index (χ1v) is 9.17. The van der Waals surface area contributed by atoms with Gasteiger partial charge in [0, 0.05) is 23.3 Å². The molecule has 0 radical (unpaired) electrons. The third-order valence-corrected chi connectivity index (χ3v) is 4.94. The molecule has 4 aromatic rings. The number of aryl methyl sites for hydroxylation is 1. The molecule has 4 rings (SSSR count). The number of carbonyl (C=O) groups excluding carboxylic acids is 1. The Morgan fingerprint density at radius 3 is 2.77 bits per heavy atom. The van der Waals surface area contributed by atoms with Gasteiger partial charge in [-0.1, -0.05) is 41.4 Å². The number of nitrogens with zero attached hydrogens (tertiary/aromatic N) is 3. The SMILES string of the molecule is Cc1ccc(-c2nc(C(=O)OCc3cn4cc(Cl)ccc4n3)cs2)cc1. The zero-order valence-electron chi connectivity index (χ0n) is 13.8. The molecule has 0 saturated carbocycles. The van der Waals surface area contributed by atoms with E-state index in [0.717, 1.165) is 16.2 Å². The second kappa shape index (κ2) is 6.90. The summed E-state index contributed by atoms with van der Waals surface area (Å²) in [6, 6.07) is 11.6. The Morgan fingerprint density at radius 1 is 1.15 bits per heavy atom. The molecule has 0 saturated heterocycles. The highest BCUT2D eigenvalue weighted by molar-refractivity contribution is 7.13. The highest BCUT2D eigenvalue weighted by Crippen LogP contribution is 2.24. The molecule has 0 fully saturated rings. The van der Waals surface area contributed by atoms with E-state index in [0.29, 0.717) is 16.4 Å². The maximum atomic E-state index is 12.3. The molecule has 0 spiro atoms. The normalized spacial score (nSPS) is 11.0. The lowest BCUT2D eigenvalue weighted by Gasteiger charge is -2.00. The maximum Gasteiger partial charge on any atom is 0.358 e. The summed E-state index contributed by atoms with van der Waals surface area (Å²) >= 11 is 7.37. The largest absolute Gasteiger partial charge is 0.454 e. The maximum absolute atomic E-state index is 12.3. The number of aromatic nitrogens is 3. The number of pyridine rings is 1. The Balaban J connectivity index is 1.45. The van der Waals surface area contributed by atoms with Gasteiger partial charge in [-0.25, -0.2) is 14.8 Å². The van der Waals surface area contributed by atoms with Gasteiger partial charge in [0.05, 0.1) is 10.7 Å². The molecule has 5 nitrogen and oxygen atoms in total. The van der Waals surface area contributed by atoms with Crippen molar-refractivity contribution in [2.24, 2.45) is 0 Å². The number of thiazole rings is 1. The van der Waals surface area contributed by atoms with Gasteiger partial charge in [-0.05, 0) is 19.1 Å². The molecule has 0 aliphatic heterocycles. The number of hydrogen-bond acceptors (Lipinski definition) is 5. The van der Waals surface area contributed by atoms with Crippen molar-refractivity contribution >= 4 is 34.6 Å². The topological polar surface area (TPSA) is 56.5 Å². The number of halogens is 1. The van der Waals surface area contributed by atoms with Gasteiger partial charge < -0.3 is 9.14 Å². The van der Waals surface area contributed by atoms with Crippen molar-refractivity contribution in [3.8, 4) is 10.6 Å². The average molecular weight is 384 g/mol. The second-order valence-corrected chi connectivity index (χ2v) is 7.12. The summed E-state index contributed by atoms with van der Waals surface area (Å²) < 4.78 is 7.13. The summed E-state index contributed by atoms with van der Waals surface area (Å²) in [7, 11) is 0. The lowest BCUT2D eigenvalue weighted by Crippen LogP contribution is -2.05. The van der Waals surface area contributed by atoms with Crippen LogP contribution in [0.5, 0.6) is 0 Å². The zero-order valence-corrected chi connectivity index (χ0v) is 15.4. The second-order valence-electron chi connectivity index (χ2n) is 5.83. The van der Waals surface area contributed by atoms with E-state index in [9.17, 15) is 4.79 Å². The molecule has 130 valence electrons. The van der Waals surface area contributed by atoms with Crippen LogP contribution < -0.4 is 0 Å². The Morgan fingerprint density at radius 2 is 1.96 bits per heavy atom. The number of ether oxygens (including phenoxy) is 1. The fourth-order valence-corrected chi connectivity index (χ4v) is 3.46. The minimum absolute atomic E-state index is 0.0789. The van der Waals surface area contributed by atoms with Gasteiger partial charge in [0.1, 0.15) is 17.3 Å². The lowest BCUT2D eigenvalue weighted by molar-refractivity contribution is 0.0462. The van der Waals surface area contributed by atoms with Gasteiger partial charge >= 0.3 is 5.97 Å². The van der Waals surface area contributed by atoms with Gasteiger partial charge in [0.2, 0.25) is 0 Å². The van der Waals surface area contributed by atoms with Crippen molar-refractivity contribution in [3.63, 3.8) is 0 Å². The summed E-state index contributed by atoms with van der Waals surface area (Å²) in [5, 5.41) is 3.12. The van der Waals surface area contributed by atoms with E-state index in [1.807, 2.05) is 37.3 Å². The van der Waals surface area contributed by atoms with Crippen LogP contribution in [0.3, 0.4) is 0 Å². The van der Waals surface area contributed by atoms with E-state index in [4.69, 9.17) is 16.3 Å². The molecule has 0 atom stereocenters. The van der Waals surface area contributed by atoms with Gasteiger partial charge in [-0.3, -0.25) is 0 Å². The van der Waals surface area contributed by atoms with E-state index >= 15 is 0 Å². The summed E-state index contributed by atoms with van der Waals surface area (Å²) in [4.78, 5) is 21.0. The Hall–Kier alpha value is -2.70. The van der Waals surface area contributed by atoms with E-state index in [1.165, 1.54) is 16.9 Å². The first kappa shape index (κ1) is 16.8. The van der Waals surface area contributed by atoms with E-state index in [2.05, 4.69) is 9.97 Å². The number of fused-ring (bicyclic) bond motifs is 1. The van der Waals surface area contributed by atoms with Gasteiger partial charge in [0.25, 0.3) is 0 Å². The van der Waals surface area contributed by atoms with Crippen LogP contribution in [0.15, 0.2) is 54.2 Å². The van der Waals surface area contributed by atoms with Crippen LogP contribution in [0.2, 0.25) is 5.02 Å². The van der Waals surface area contributed by atoms with Crippen LogP contribution in [0.4, 0.5) is 0 Å². The van der Waals surface area contributed by atoms with Crippen molar-refractivity contribution in [3.05, 3.63) is 76.1 Å². The van der Waals surface area contributed by atoms with E-state index < -0.39 is 5.97 Å². The predicted octanol–water partition coefficient (Wildman–Crippen LogP) is 4.78. The van der Waals surface area contributed by atoms with Crippen molar-refractivity contribution < 1.29 is 9.53 Å². The molecule has 0 bridgehead atoms. The molecule has 0 aliphatic carbocycles. The van der Waals surface area contributed by atoms with E-state index in [1.54, 1.807) is 28.2 Å². The summed E-state index contributed by atoms with van der Waals surface area (Å²) in [5.74, 6) is -0.463. The summed E-state index contributed by atoms with van der Waals surface area (Å²) in [6.07, 6.45) is 3.54. The number of esters is 1. The van der Waals surface area contributed by atoms with Crippen LogP contribution in [0.25, 0.3) is 16.2 Å². The zero-order chi connectivity index (χ0) is 18.1. The summed E-state index contributed by atoms with van der Waals surface area (Å²) in [6.45, 7) is 2.11. The first-order chi connectivity index (χ1) is 12.6. The highest BCUT2D eigenvalue weighted by atomic mass is 35.5. The molecule has 0 amide bonds. The number of benzene rings is 1. The highest BCUT2D eigenvalue weighted by Gasteiger charge is 2.14. The van der Waals surface area contributed by atoms with Gasteiger partial charge in [-0.15, -0.1) is 11.3 Å². The number of hydrogen-bond donors (Lipinski definition) is 0. The van der Waals surface area contributed by atoms with Crippen LogP contribution in [-0.2, 0) is 11.3 Å². The fourth-order valence-electron chi connectivity index (χ4n) is 2.50. The van der Waals surface area contributed by atoms with Gasteiger partial charge in [-0.2, -0.15) is 0 Å². The number of carbonyl (C=O) groups is 1. The van der Waals surface area contributed by atoms with Crippen molar-refractivity contribution in [1.82, 2.24) is 14.4 Å². The first-order valence-electron chi connectivity index (χ1n) is 7.91. The standard InChI is InChI=1S/C19H14ClN3O2S/c1-12-2-4-13(5-3-12)18-22-16(11-26-18)19(24)25-10-15-9-23-8-14(20)6-7-17(23)21-15/h2-9,11H,10H2,1H3. The predicted molar refractivity (Wildman–Crippen MR) is 102 cm³/mol. The number of imidazole rings is 1. The molecule has 0 aliphatic rings. The van der Waals surface area contributed by atoms with Gasteiger partial charge in [0.15, 0.2) is 5.69 Å². The summed E-state index contributed by atoms with van der Waals surface area (Å²) in [5.41, 5.74) is 3.86. The molecule has 26 heavy (non-hydrogen) atoms.